The van der Waals surface area contributed by atoms with E-state index in [1.54, 1.807) is 36.6 Å². The Bertz CT molecular complexity index is 769. The van der Waals surface area contributed by atoms with Crippen molar-refractivity contribution in [3.05, 3.63) is 40.9 Å². The molecule has 0 spiro atoms. The van der Waals surface area contributed by atoms with E-state index in [0.717, 1.165) is 19.4 Å². The number of carbonyl (C=O) groups is 2. The molecular weight excluding hydrogens is 368 g/mol. The van der Waals surface area contributed by atoms with Gasteiger partial charge in [-0.05, 0) is 44.0 Å². The first-order chi connectivity index (χ1) is 13.1. The van der Waals surface area contributed by atoms with E-state index in [-0.39, 0.29) is 24.4 Å². The summed E-state index contributed by atoms with van der Waals surface area (Å²) in [5.74, 6) is 0.102. The highest BCUT2D eigenvalue weighted by molar-refractivity contribution is 7.14. The molecule has 1 aromatic heterocycles. The zero-order chi connectivity index (χ0) is 19.1. The molecule has 1 aromatic carbocycles. The Balaban J connectivity index is 1.50. The van der Waals surface area contributed by atoms with Crippen LogP contribution in [0.5, 0.6) is 5.75 Å². The number of esters is 1. The van der Waals surface area contributed by atoms with Crippen molar-refractivity contribution in [3.8, 4) is 5.75 Å². The Hall–Kier alpha value is -2.45. The van der Waals surface area contributed by atoms with Gasteiger partial charge >= 0.3 is 5.97 Å². The first kappa shape index (κ1) is 19.3. The zero-order valence-corrected chi connectivity index (χ0v) is 15.9. The molecule has 1 atom stereocenters. The lowest BCUT2D eigenvalue weighted by Gasteiger charge is -2.11. The Labute approximate surface area is 161 Å². The molecule has 1 unspecified atom stereocenters. The van der Waals surface area contributed by atoms with Crippen molar-refractivity contribution in [2.45, 2.75) is 32.3 Å². The molecule has 2 heterocycles. The van der Waals surface area contributed by atoms with Gasteiger partial charge in [0.05, 0.1) is 24.8 Å². The van der Waals surface area contributed by atoms with Gasteiger partial charge in [0.15, 0.2) is 5.13 Å². The summed E-state index contributed by atoms with van der Waals surface area (Å²) in [4.78, 5) is 28.0. The molecule has 0 radical (unpaired) electrons. The lowest BCUT2D eigenvalue weighted by Crippen LogP contribution is -2.16. The largest absolute Gasteiger partial charge is 0.491 e. The average molecular weight is 390 g/mol. The van der Waals surface area contributed by atoms with E-state index in [1.165, 1.54) is 11.3 Å². The van der Waals surface area contributed by atoms with E-state index < -0.39 is 0 Å². The van der Waals surface area contributed by atoms with E-state index in [9.17, 15) is 9.59 Å². The van der Waals surface area contributed by atoms with Crippen LogP contribution >= 0.6 is 11.3 Å². The van der Waals surface area contributed by atoms with Gasteiger partial charge < -0.3 is 14.2 Å². The van der Waals surface area contributed by atoms with E-state index >= 15 is 0 Å². The van der Waals surface area contributed by atoms with Crippen LogP contribution in [0.1, 0.15) is 35.8 Å². The van der Waals surface area contributed by atoms with E-state index in [1.807, 2.05) is 0 Å². The van der Waals surface area contributed by atoms with Crippen molar-refractivity contribution in [3.63, 3.8) is 0 Å². The van der Waals surface area contributed by atoms with Gasteiger partial charge in [0.2, 0.25) is 0 Å². The van der Waals surface area contributed by atoms with Crippen LogP contribution in [0, 0.1) is 0 Å². The zero-order valence-electron chi connectivity index (χ0n) is 15.1. The number of hydrogen-bond donors (Lipinski definition) is 1. The van der Waals surface area contributed by atoms with Crippen molar-refractivity contribution in [1.82, 2.24) is 4.98 Å². The number of nitrogens with zero attached hydrogens (tertiary/aromatic N) is 1. The predicted octanol–water partition coefficient (Wildman–Crippen LogP) is 3.06. The Morgan fingerprint density at radius 3 is 2.85 bits per heavy atom. The Kier molecular flexibility index (Phi) is 6.78. The van der Waals surface area contributed by atoms with Gasteiger partial charge in [0.25, 0.3) is 5.91 Å². The molecule has 0 bridgehead atoms. The van der Waals surface area contributed by atoms with Crippen LogP contribution in [0.3, 0.4) is 0 Å². The van der Waals surface area contributed by atoms with E-state index in [4.69, 9.17) is 14.2 Å². The fourth-order valence-electron chi connectivity index (χ4n) is 2.64. The summed E-state index contributed by atoms with van der Waals surface area (Å²) in [6.45, 7) is 3.41. The van der Waals surface area contributed by atoms with Crippen molar-refractivity contribution in [2.24, 2.45) is 0 Å². The molecule has 144 valence electrons. The summed E-state index contributed by atoms with van der Waals surface area (Å²) in [7, 11) is 0. The van der Waals surface area contributed by atoms with Crippen molar-refractivity contribution < 1.29 is 23.8 Å². The summed E-state index contributed by atoms with van der Waals surface area (Å²) in [6, 6.07) is 6.93. The Morgan fingerprint density at radius 2 is 2.15 bits per heavy atom. The van der Waals surface area contributed by atoms with Crippen LogP contribution in [-0.2, 0) is 20.7 Å². The number of ether oxygens (including phenoxy) is 3. The van der Waals surface area contributed by atoms with E-state index in [2.05, 4.69) is 10.3 Å². The third-order valence-electron chi connectivity index (χ3n) is 3.98. The molecule has 1 fully saturated rings. The van der Waals surface area contributed by atoms with Crippen molar-refractivity contribution in [1.29, 1.82) is 0 Å². The molecule has 2 aromatic rings. The second-order valence-corrected chi connectivity index (χ2v) is 6.91. The Morgan fingerprint density at radius 1 is 1.33 bits per heavy atom. The molecule has 7 nitrogen and oxygen atoms in total. The topological polar surface area (TPSA) is 86.8 Å². The lowest BCUT2D eigenvalue weighted by molar-refractivity contribution is -0.142. The number of nitrogens with one attached hydrogen (secondary N) is 1. The number of anilines is 1. The minimum atomic E-state index is -0.334. The summed E-state index contributed by atoms with van der Waals surface area (Å²) in [5.41, 5.74) is 1.08. The molecule has 1 amide bonds. The number of rotatable bonds is 8. The number of thiazole rings is 1. The van der Waals surface area contributed by atoms with E-state index in [0.29, 0.717) is 35.4 Å². The molecule has 8 heteroatoms. The lowest BCUT2D eigenvalue weighted by atomic mass is 10.2. The maximum absolute atomic E-state index is 12.3. The minimum absolute atomic E-state index is 0.0942. The normalized spacial score (nSPS) is 16.1. The molecule has 3 rings (SSSR count). The van der Waals surface area contributed by atoms with Gasteiger partial charge in [-0.15, -0.1) is 11.3 Å². The molecule has 1 N–H and O–H groups in total. The summed E-state index contributed by atoms with van der Waals surface area (Å²) in [6.07, 6.45) is 2.34. The van der Waals surface area contributed by atoms with Crippen molar-refractivity contribution in [2.75, 3.05) is 25.1 Å². The highest BCUT2D eigenvalue weighted by Crippen LogP contribution is 2.19. The number of carbonyl (C=O) groups excluding carboxylic acids is 2. The highest BCUT2D eigenvalue weighted by Gasteiger charge is 2.16. The van der Waals surface area contributed by atoms with Crippen molar-refractivity contribution >= 4 is 28.3 Å². The number of hydrogen-bond acceptors (Lipinski definition) is 7. The van der Waals surface area contributed by atoms with Gasteiger partial charge in [-0.25, -0.2) is 4.98 Å². The van der Waals surface area contributed by atoms with Crippen LogP contribution in [0.2, 0.25) is 0 Å². The van der Waals surface area contributed by atoms with Crippen LogP contribution in [0.4, 0.5) is 5.13 Å². The second kappa shape index (κ2) is 9.48. The minimum Gasteiger partial charge on any atom is -0.491 e. The monoisotopic (exact) mass is 390 g/mol. The van der Waals surface area contributed by atoms with Gasteiger partial charge in [-0.1, -0.05) is 0 Å². The number of aromatic nitrogens is 1. The van der Waals surface area contributed by atoms with Gasteiger partial charge in [-0.2, -0.15) is 0 Å². The molecule has 27 heavy (non-hydrogen) atoms. The third-order valence-corrected chi connectivity index (χ3v) is 4.79. The first-order valence-electron chi connectivity index (χ1n) is 8.90. The van der Waals surface area contributed by atoms with Gasteiger partial charge in [0, 0.05) is 17.6 Å². The van der Waals surface area contributed by atoms with Crippen LogP contribution in [-0.4, -0.2) is 42.8 Å². The number of amides is 1. The molecular formula is C19H22N2O5S. The van der Waals surface area contributed by atoms with Gasteiger partial charge in [-0.3, -0.25) is 14.9 Å². The average Bonchev–Trinajstić information content (AvgIpc) is 3.33. The standard InChI is InChI=1S/C19H22N2O5S/c1-2-24-17(22)10-14-12-27-19(20-14)21-18(23)13-5-7-15(8-6-13)26-11-16-4-3-9-25-16/h5-8,12,16H,2-4,9-11H2,1H3,(H,20,21,23). The SMILES string of the molecule is CCOC(=O)Cc1csc(NC(=O)c2ccc(OCC3CCCO3)cc2)n1. The molecule has 1 aliphatic rings. The smallest absolute Gasteiger partial charge is 0.311 e. The molecule has 1 aliphatic heterocycles. The van der Waals surface area contributed by atoms with Crippen LogP contribution in [0.15, 0.2) is 29.6 Å². The fourth-order valence-corrected chi connectivity index (χ4v) is 3.35. The second-order valence-electron chi connectivity index (χ2n) is 6.05. The van der Waals surface area contributed by atoms with Crippen LogP contribution in [0.25, 0.3) is 0 Å². The summed E-state index contributed by atoms with van der Waals surface area (Å²) < 4.78 is 16.1. The molecule has 0 saturated carbocycles. The maximum atomic E-state index is 12.3. The summed E-state index contributed by atoms with van der Waals surface area (Å²) in [5, 5.41) is 4.91. The van der Waals surface area contributed by atoms with Gasteiger partial charge in [0.1, 0.15) is 12.4 Å². The fraction of sp³-hybridized carbons (Fsp3) is 0.421. The maximum Gasteiger partial charge on any atom is 0.311 e. The van der Waals surface area contributed by atoms with Crippen LogP contribution < -0.4 is 10.1 Å². The molecule has 0 aliphatic carbocycles. The predicted molar refractivity (Wildman–Crippen MR) is 101 cm³/mol. The molecule has 1 saturated heterocycles. The highest BCUT2D eigenvalue weighted by atomic mass is 32.1. The first-order valence-corrected chi connectivity index (χ1v) is 9.78. The number of benzene rings is 1. The third kappa shape index (κ3) is 5.77. The quantitative estimate of drug-likeness (QED) is 0.697. The summed E-state index contributed by atoms with van der Waals surface area (Å²) >= 11 is 1.27.